The van der Waals surface area contributed by atoms with Gasteiger partial charge in [0.05, 0.1) is 18.6 Å². The number of carbonyl (C=O) groups is 2. The summed E-state index contributed by atoms with van der Waals surface area (Å²) in [4.78, 5) is 25.6. The zero-order chi connectivity index (χ0) is 14.5. The van der Waals surface area contributed by atoms with Crippen molar-refractivity contribution >= 4 is 17.6 Å². The van der Waals surface area contributed by atoms with E-state index in [2.05, 4.69) is 15.0 Å². The van der Waals surface area contributed by atoms with E-state index < -0.39 is 0 Å². The minimum Gasteiger partial charge on any atom is -0.465 e. The lowest BCUT2D eigenvalue weighted by atomic mass is 9.97. The van der Waals surface area contributed by atoms with E-state index in [9.17, 15) is 9.59 Å². The van der Waals surface area contributed by atoms with Crippen LogP contribution in [0.3, 0.4) is 0 Å². The smallest absolute Gasteiger partial charge is 0.337 e. The third-order valence-electron chi connectivity index (χ3n) is 3.57. The number of nitrogens with zero attached hydrogens (tertiary/aromatic N) is 1. The predicted octanol–water partition coefficient (Wildman–Crippen LogP) is 1.75. The van der Waals surface area contributed by atoms with Gasteiger partial charge in [0.15, 0.2) is 0 Å². The van der Waals surface area contributed by atoms with Crippen molar-refractivity contribution in [2.45, 2.75) is 12.8 Å². The molecule has 1 fully saturated rings. The maximum atomic E-state index is 12.2. The maximum absolute atomic E-state index is 12.2. The van der Waals surface area contributed by atoms with Gasteiger partial charge in [-0.2, -0.15) is 0 Å². The fourth-order valence-corrected chi connectivity index (χ4v) is 2.43. The molecular formula is C15H20N2O3. The molecule has 0 radical (unpaired) electrons. The van der Waals surface area contributed by atoms with E-state index in [0.717, 1.165) is 25.9 Å². The van der Waals surface area contributed by atoms with Crippen molar-refractivity contribution in [3.63, 3.8) is 0 Å². The molecule has 0 aliphatic carbocycles. The van der Waals surface area contributed by atoms with Crippen LogP contribution in [0.25, 0.3) is 0 Å². The van der Waals surface area contributed by atoms with Crippen LogP contribution in [0.2, 0.25) is 0 Å². The number of ether oxygens (including phenoxy) is 1. The molecule has 1 unspecified atom stereocenters. The third kappa shape index (κ3) is 3.57. The van der Waals surface area contributed by atoms with Gasteiger partial charge in [-0.25, -0.2) is 4.79 Å². The van der Waals surface area contributed by atoms with Crippen molar-refractivity contribution in [3.8, 4) is 0 Å². The van der Waals surface area contributed by atoms with Crippen molar-refractivity contribution in [2.75, 3.05) is 32.6 Å². The molecule has 1 heterocycles. The second kappa shape index (κ2) is 6.52. The Morgan fingerprint density at radius 1 is 1.30 bits per heavy atom. The van der Waals surface area contributed by atoms with E-state index in [-0.39, 0.29) is 17.8 Å². The summed E-state index contributed by atoms with van der Waals surface area (Å²) < 4.78 is 4.63. The van der Waals surface area contributed by atoms with Crippen molar-refractivity contribution in [1.29, 1.82) is 0 Å². The number of amides is 1. The summed E-state index contributed by atoms with van der Waals surface area (Å²) in [6, 6.07) is 6.73. The summed E-state index contributed by atoms with van der Waals surface area (Å²) in [6.45, 7) is 1.85. The number of hydrogen-bond acceptors (Lipinski definition) is 4. The molecule has 0 bridgehead atoms. The molecule has 1 atom stereocenters. The summed E-state index contributed by atoms with van der Waals surface area (Å²) in [5.41, 5.74) is 1.18. The highest BCUT2D eigenvalue weighted by Gasteiger charge is 2.23. The van der Waals surface area contributed by atoms with Crippen molar-refractivity contribution in [1.82, 2.24) is 4.90 Å². The van der Waals surface area contributed by atoms with Crippen LogP contribution in [0.5, 0.6) is 0 Å². The number of methoxy groups -OCH3 is 1. The normalized spacial score (nSPS) is 19.4. The first kappa shape index (κ1) is 14.5. The summed E-state index contributed by atoms with van der Waals surface area (Å²) >= 11 is 0. The number of likely N-dealkylation sites (tertiary alicyclic amines) is 1. The molecule has 20 heavy (non-hydrogen) atoms. The molecule has 0 spiro atoms. The lowest BCUT2D eigenvalue weighted by Gasteiger charge is -2.28. The molecule has 5 heteroatoms. The fraction of sp³-hybridized carbons (Fsp3) is 0.467. The molecule has 2 rings (SSSR count). The van der Waals surface area contributed by atoms with E-state index in [1.807, 2.05) is 7.05 Å². The first-order valence-corrected chi connectivity index (χ1v) is 6.78. The number of piperidine rings is 1. The quantitative estimate of drug-likeness (QED) is 0.855. The summed E-state index contributed by atoms with van der Waals surface area (Å²) in [5.74, 6) is -0.298. The molecule has 0 aromatic heterocycles. The number of rotatable bonds is 3. The minimum absolute atomic E-state index is 0.0361. The number of anilines is 1. The van der Waals surface area contributed by atoms with Crippen molar-refractivity contribution in [2.24, 2.45) is 5.92 Å². The Labute approximate surface area is 118 Å². The third-order valence-corrected chi connectivity index (χ3v) is 3.57. The fourth-order valence-electron chi connectivity index (χ4n) is 2.43. The van der Waals surface area contributed by atoms with Gasteiger partial charge in [-0.3, -0.25) is 4.79 Å². The summed E-state index contributed by atoms with van der Waals surface area (Å²) in [7, 11) is 3.38. The molecule has 1 aromatic carbocycles. The van der Waals surface area contributed by atoms with Gasteiger partial charge in [0.25, 0.3) is 0 Å². The van der Waals surface area contributed by atoms with Gasteiger partial charge < -0.3 is 15.0 Å². The molecule has 5 nitrogen and oxygen atoms in total. The van der Waals surface area contributed by atoms with Crippen LogP contribution in [-0.4, -0.2) is 44.0 Å². The Morgan fingerprint density at radius 2 is 2.00 bits per heavy atom. The second-order valence-corrected chi connectivity index (χ2v) is 5.16. The lowest BCUT2D eigenvalue weighted by Crippen LogP contribution is -2.38. The first-order chi connectivity index (χ1) is 9.60. The number of nitrogens with one attached hydrogen (secondary N) is 1. The van der Waals surface area contributed by atoms with E-state index in [4.69, 9.17) is 0 Å². The van der Waals surface area contributed by atoms with Crippen molar-refractivity contribution in [3.05, 3.63) is 29.8 Å². The number of benzene rings is 1. The van der Waals surface area contributed by atoms with Gasteiger partial charge >= 0.3 is 5.97 Å². The van der Waals surface area contributed by atoms with Crippen LogP contribution in [0.15, 0.2) is 24.3 Å². The van der Waals surface area contributed by atoms with Crippen LogP contribution in [0.1, 0.15) is 23.2 Å². The molecule has 1 aliphatic rings. The van der Waals surface area contributed by atoms with Crippen LogP contribution in [-0.2, 0) is 9.53 Å². The van der Waals surface area contributed by atoms with E-state index >= 15 is 0 Å². The van der Waals surface area contributed by atoms with Crippen molar-refractivity contribution < 1.29 is 14.3 Å². The average Bonchev–Trinajstić information content (AvgIpc) is 2.47. The monoisotopic (exact) mass is 276 g/mol. The van der Waals surface area contributed by atoms with Gasteiger partial charge in [-0.05, 0) is 50.7 Å². The number of esters is 1. The standard InChI is InChI=1S/C15H20N2O3/c1-17-9-3-4-12(10-17)14(18)16-13-7-5-11(6-8-13)15(19)20-2/h5-8,12H,3-4,9-10H2,1-2H3,(H,16,18). The molecule has 108 valence electrons. The minimum atomic E-state index is -0.378. The lowest BCUT2D eigenvalue weighted by molar-refractivity contribution is -0.121. The van der Waals surface area contributed by atoms with Gasteiger partial charge in [0.2, 0.25) is 5.91 Å². The Kier molecular flexibility index (Phi) is 4.74. The highest BCUT2D eigenvalue weighted by atomic mass is 16.5. The predicted molar refractivity (Wildman–Crippen MR) is 76.6 cm³/mol. The van der Waals surface area contributed by atoms with Crippen LogP contribution >= 0.6 is 0 Å². The number of carbonyl (C=O) groups excluding carboxylic acids is 2. The second-order valence-electron chi connectivity index (χ2n) is 5.16. The molecule has 1 N–H and O–H groups in total. The van der Waals surface area contributed by atoms with E-state index in [1.54, 1.807) is 24.3 Å². The van der Waals surface area contributed by atoms with Crippen LogP contribution in [0.4, 0.5) is 5.69 Å². The van der Waals surface area contributed by atoms with Gasteiger partial charge in [-0.1, -0.05) is 0 Å². The maximum Gasteiger partial charge on any atom is 0.337 e. The Morgan fingerprint density at radius 3 is 2.60 bits per heavy atom. The highest BCUT2D eigenvalue weighted by Crippen LogP contribution is 2.18. The molecule has 1 amide bonds. The topological polar surface area (TPSA) is 58.6 Å². The Hall–Kier alpha value is -1.88. The largest absolute Gasteiger partial charge is 0.465 e. The molecule has 1 aromatic rings. The van der Waals surface area contributed by atoms with Crippen LogP contribution < -0.4 is 5.32 Å². The van der Waals surface area contributed by atoms with Gasteiger partial charge in [0.1, 0.15) is 0 Å². The van der Waals surface area contributed by atoms with E-state index in [1.165, 1.54) is 7.11 Å². The summed E-state index contributed by atoms with van der Waals surface area (Å²) in [5, 5.41) is 2.90. The zero-order valence-corrected chi connectivity index (χ0v) is 11.9. The molecule has 1 aliphatic heterocycles. The molecule has 0 saturated carbocycles. The SMILES string of the molecule is COC(=O)c1ccc(NC(=O)C2CCCN(C)C2)cc1. The Balaban J connectivity index is 1.95. The summed E-state index contributed by atoms with van der Waals surface area (Å²) in [6.07, 6.45) is 1.98. The zero-order valence-electron chi connectivity index (χ0n) is 11.9. The molecule has 1 saturated heterocycles. The first-order valence-electron chi connectivity index (χ1n) is 6.78. The van der Waals surface area contributed by atoms with Gasteiger partial charge in [0, 0.05) is 12.2 Å². The van der Waals surface area contributed by atoms with Crippen LogP contribution in [0, 0.1) is 5.92 Å². The Bertz CT molecular complexity index is 484. The number of hydrogen-bond donors (Lipinski definition) is 1. The highest BCUT2D eigenvalue weighted by molar-refractivity contribution is 5.94. The molecular weight excluding hydrogens is 256 g/mol. The average molecular weight is 276 g/mol. The van der Waals surface area contributed by atoms with Gasteiger partial charge in [-0.15, -0.1) is 0 Å². The van der Waals surface area contributed by atoms with E-state index in [0.29, 0.717) is 11.3 Å².